The van der Waals surface area contributed by atoms with Crippen LogP contribution in [0.5, 0.6) is 0 Å². The Labute approximate surface area is 109 Å². The Morgan fingerprint density at radius 2 is 2.22 bits per heavy atom. The van der Waals surface area contributed by atoms with Gasteiger partial charge in [0.05, 0.1) is 24.7 Å². The van der Waals surface area contributed by atoms with Crippen LogP contribution in [0.15, 0.2) is 12.5 Å². The summed E-state index contributed by atoms with van der Waals surface area (Å²) >= 11 is 0. The first kappa shape index (κ1) is 12.2. The molecule has 1 aromatic rings. The zero-order chi connectivity index (χ0) is 12.4. The third-order valence-corrected chi connectivity index (χ3v) is 4.49. The van der Waals surface area contributed by atoms with Gasteiger partial charge in [-0.1, -0.05) is 12.8 Å². The van der Waals surface area contributed by atoms with Crippen LogP contribution in [0.3, 0.4) is 0 Å². The predicted molar refractivity (Wildman–Crippen MR) is 70.0 cm³/mol. The van der Waals surface area contributed by atoms with E-state index < -0.39 is 0 Å². The zero-order valence-electron chi connectivity index (χ0n) is 10.9. The van der Waals surface area contributed by atoms with Crippen molar-refractivity contribution in [1.82, 2.24) is 9.55 Å². The first-order chi connectivity index (χ1) is 8.84. The van der Waals surface area contributed by atoms with Gasteiger partial charge in [0.2, 0.25) is 0 Å². The number of hydrogen-bond acceptors (Lipinski definition) is 3. The monoisotopic (exact) mass is 249 g/mol. The van der Waals surface area contributed by atoms with Gasteiger partial charge in [-0.2, -0.15) is 0 Å². The van der Waals surface area contributed by atoms with Gasteiger partial charge in [-0.15, -0.1) is 0 Å². The molecule has 0 aromatic carbocycles. The molecular weight excluding hydrogens is 226 g/mol. The lowest BCUT2D eigenvalue weighted by Gasteiger charge is -2.21. The first-order valence-electron chi connectivity index (χ1n) is 7.18. The van der Waals surface area contributed by atoms with Gasteiger partial charge in [0.1, 0.15) is 0 Å². The molecule has 2 heterocycles. The van der Waals surface area contributed by atoms with Gasteiger partial charge in [-0.05, 0) is 25.2 Å². The van der Waals surface area contributed by atoms with E-state index >= 15 is 0 Å². The summed E-state index contributed by atoms with van der Waals surface area (Å²) in [6, 6.07) is 0.0800. The van der Waals surface area contributed by atoms with Gasteiger partial charge in [0, 0.05) is 25.3 Å². The van der Waals surface area contributed by atoms with E-state index in [-0.39, 0.29) is 6.04 Å². The lowest BCUT2D eigenvalue weighted by atomic mass is 9.97. The number of rotatable bonds is 4. The molecule has 4 heteroatoms. The van der Waals surface area contributed by atoms with E-state index in [0.717, 1.165) is 32.1 Å². The number of nitrogens with zero attached hydrogens (tertiary/aromatic N) is 2. The Kier molecular flexibility index (Phi) is 3.66. The van der Waals surface area contributed by atoms with Crippen LogP contribution in [-0.4, -0.2) is 22.8 Å². The van der Waals surface area contributed by atoms with Crippen molar-refractivity contribution in [2.24, 2.45) is 17.6 Å². The summed E-state index contributed by atoms with van der Waals surface area (Å²) < 4.78 is 7.72. The SMILES string of the molecule is NC(c1cncn1CC1CCCC1)C1CCOC1. The highest BCUT2D eigenvalue weighted by atomic mass is 16.5. The Morgan fingerprint density at radius 3 is 2.94 bits per heavy atom. The fraction of sp³-hybridized carbons (Fsp3) is 0.786. The van der Waals surface area contributed by atoms with Crippen molar-refractivity contribution < 1.29 is 4.74 Å². The van der Waals surface area contributed by atoms with Crippen molar-refractivity contribution >= 4 is 0 Å². The average Bonchev–Trinajstić information content (AvgIpc) is 3.12. The second-order valence-electron chi connectivity index (χ2n) is 5.77. The van der Waals surface area contributed by atoms with Crippen molar-refractivity contribution in [3.63, 3.8) is 0 Å². The normalized spacial score (nSPS) is 26.8. The topological polar surface area (TPSA) is 53.1 Å². The number of hydrogen-bond donors (Lipinski definition) is 1. The Hall–Kier alpha value is -0.870. The molecule has 18 heavy (non-hydrogen) atoms. The lowest BCUT2D eigenvalue weighted by Crippen LogP contribution is -2.25. The van der Waals surface area contributed by atoms with Crippen molar-refractivity contribution in [1.29, 1.82) is 0 Å². The van der Waals surface area contributed by atoms with Gasteiger partial charge in [0.15, 0.2) is 0 Å². The minimum Gasteiger partial charge on any atom is -0.381 e. The summed E-state index contributed by atoms with van der Waals surface area (Å²) in [5, 5.41) is 0. The van der Waals surface area contributed by atoms with Crippen LogP contribution in [0, 0.1) is 11.8 Å². The molecule has 2 fully saturated rings. The molecule has 2 aliphatic rings. The molecule has 1 aliphatic carbocycles. The molecule has 4 nitrogen and oxygen atoms in total. The van der Waals surface area contributed by atoms with E-state index in [0.29, 0.717) is 5.92 Å². The molecule has 1 aromatic heterocycles. The third-order valence-electron chi connectivity index (χ3n) is 4.49. The van der Waals surface area contributed by atoms with E-state index in [1.165, 1.54) is 31.4 Å². The van der Waals surface area contributed by atoms with Gasteiger partial charge in [-0.25, -0.2) is 4.98 Å². The van der Waals surface area contributed by atoms with Crippen LogP contribution in [0.1, 0.15) is 43.8 Å². The lowest BCUT2D eigenvalue weighted by molar-refractivity contribution is 0.180. The molecule has 1 saturated heterocycles. The fourth-order valence-corrected chi connectivity index (χ4v) is 3.31. The second-order valence-corrected chi connectivity index (χ2v) is 5.77. The molecule has 1 saturated carbocycles. The van der Waals surface area contributed by atoms with Crippen LogP contribution in [0.25, 0.3) is 0 Å². The van der Waals surface area contributed by atoms with E-state index in [2.05, 4.69) is 9.55 Å². The summed E-state index contributed by atoms with van der Waals surface area (Å²) in [7, 11) is 0. The molecule has 2 unspecified atom stereocenters. The Balaban J connectivity index is 1.69. The summed E-state index contributed by atoms with van der Waals surface area (Å²) in [4.78, 5) is 4.30. The highest BCUT2D eigenvalue weighted by Gasteiger charge is 2.27. The molecule has 0 radical (unpaired) electrons. The highest BCUT2D eigenvalue weighted by molar-refractivity contribution is 5.07. The van der Waals surface area contributed by atoms with Crippen LogP contribution >= 0.6 is 0 Å². The maximum Gasteiger partial charge on any atom is 0.0948 e. The number of imidazole rings is 1. The summed E-state index contributed by atoms with van der Waals surface area (Å²) in [6.07, 6.45) is 10.5. The van der Waals surface area contributed by atoms with Crippen LogP contribution in [0.4, 0.5) is 0 Å². The highest BCUT2D eigenvalue weighted by Crippen LogP contribution is 2.30. The van der Waals surface area contributed by atoms with Gasteiger partial charge < -0.3 is 15.0 Å². The molecular formula is C14H23N3O. The molecule has 2 atom stereocenters. The number of aromatic nitrogens is 2. The zero-order valence-corrected chi connectivity index (χ0v) is 10.9. The minimum atomic E-state index is 0.0800. The number of nitrogens with two attached hydrogens (primary N) is 1. The maximum absolute atomic E-state index is 6.38. The standard InChI is InChI=1S/C14H23N3O/c15-14(12-5-6-18-9-12)13-7-16-10-17(13)8-11-3-1-2-4-11/h7,10-12,14H,1-6,8-9,15H2. The van der Waals surface area contributed by atoms with Crippen LogP contribution in [-0.2, 0) is 11.3 Å². The van der Waals surface area contributed by atoms with Crippen molar-refractivity contribution in [3.8, 4) is 0 Å². The smallest absolute Gasteiger partial charge is 0.0948 e. The van der Waals surface area contributed by atoms with Crippen LogP contribution in [0.2, 0.25) is 0 Å². The second kappa shape index (κ2) is 5.41. The van der Waals surface area contributed by atoms with Gasteiger partial charge in [0.25, 0.3) is 0 Å². The fourth-order valence-electron chi connectivity index (χ4n) is 3.31. The molecule has 100 valence electrons. The maximum atomic E-state index is 6.38. The van der Waals surface area contributed by atoms with Crippen molar-refractivity contribution in [2.45, 2.75) is 44.7 Å². The van der Waals surface area contributed by atoms with Gasteiger partial charge in [-0.3, -0.25) is 0 Å². The first-order valence-corrected chi connectivity index (χ1v) is 7.18. The molecule has 2 N–H and O–H groups in total. The summed E-state index contributed by atoms with van der Waals surface area (Å²) in [5.74, 6) is 1.29. The predicted octanol–water partition coefficient (Wildman–Crippen LogP) is 2.11. The minimum absolute atomic E-state index is 0.0800. The average molecular weight is 249 g/mol. The molecule has 0 spiro atoms. The van der Waals surface area contributed by atoms with Crippen molar-refractivity contribution in [2.75, 3.05) is 13.2 Å². The third kappa shape index (κ3) is 2.45. The molecule has 3 rings (SSSR count). The van der Waals surface area contributed by atoms with E-state index in [9.17, 15) is 0 Å². The number of ether oxygens (including phenoxy) is 1. The van der Waals surface area contributed by atoms with Crippen LogP contribution < -0.4 is 5.73 Å². The molecule has 0 bridgehead atoms. The Morgan fingerprint density at radius 1 is 1.39 bits per heavy atom. The summed E-state index contributed by atoms with van der Waals surface area (Å²) in [5.41, 5.74) is 7.57. The van der Waals surface area contributed by atoms with Crippen molar-refractivity contribution in [3.05, 3.63) is 18.2 Å². The molecule has 1 aliphatic heterocycles. The quantitative estimate of drug-likeness (QED) is 0.889. The largest absolute Gasteiger partial charge is 0.381 e. The van der Waals surface area contributed by atoms with E-state index in [1.54, 1.807) is 0 Å². The summed E-state index contributed by atoms with van der Waals surface area (Å²) in [6.45, 7) is 2.75. The Bertz CT molecular complexity index is 378. The van der Waals surface area contributed by atoms with E-state index in [4.69, 9.17) is 10.5 Å². The molecule has 0 amide bonds. The van der Waals surface area contributed by atoms with Gasteiger partial charge >= 0.3 is 0 Å². The van der Waals surface area contributed by atoms with E-state index in [1.807, 2.05) is 12.5 Å².